The molecule has 4 heteroatoms. The number of benzene rings is 1. The van der Waals surface area contributed by atoms with E-state index < -0.39 is 5.60 Å². The largest absolute Gasteiger partial charge is 0.497 e. The van der Waals surface area contributed by atoms with Gasteiger partial charge in [-0.1, -0.05) is 38.3 Å². The molecule has 0 amide bonds. The Balaban J connectivity index is 1.82. The monoisotopic (exact) mass is 292 g/mol. The van der Waals surface area contributed by atoms with E-state index in [1.165, 1.54) is 12.8 Å². The van der Waals surface area contributed by atoms with Gasteiger partial charge in [-0.3, -0.25) is 0 Å². The number of methoxy groups -OCH3 is 1. The van der Waals surface area contributed by atoms with E-state index in [1.807, 2.05) is 24.3 Å². The quantitative estimate of drug-likeness (QED) is 0.417. The van der Waals surface area contributed by atoms with Crippen molar-refractivity contribution in [1.29, 1.82) is 0 Å². The van der Waals surface area contributed by atoms with Crippen molar-refractivity contribution >= 4 is 5.97 Å². The maximum absolute atomic E-state index is 12.1. The molecule has 1 aromatic rings. The Morgan fingerprint density at radius 3 is 2.57 bits per heavy atom. The summed E-state index contributed by atoms with van der Waals surface area (Å²) in [5.74, 6) is 0.527. The molecule has 21 heavy (non-hydrogen) atoms. The molecule has 4 nitrogen and oxygen atoms in total. The van der Waals surface area contributed by atoms with Crippen LogP contribution in [0, 0.1) is 0 Å². The van der Waals surface area contributed by atoms with Gasteiger partial charge in [0.1, 0.15) is 11.9 Å². The Kier molecular flexibility index (Phi) is 5.23. The predicted octanol–water partition coefficient (Wildman–Crippen LogP) is 3.65. The number of carbonyl (C=O) groups excluding carboxylic acids is 1. The van der Waals surface area contributed by atoms with Crippen LogP contribution < -0.4 is 4.74 Å². The zero-order valence-corrected chi connectivity index (χ0v) is 13.1. The standard InChI is InChI=1S/C17H24O4/c1-4-5-6-7-12-20-16(18)17(2)15(21-17)13-8-10-14(19-3)11-9-13/h8-11,15H,4-7,12H2,1-3H3. The van der Waals surface area contributed by atoms with Crippen LogP contribution in [0.3, 0.4) is 0 Å². The zero-order chi connectivity index (χ0) is 15.3. The van der Waals surface area contributed by atoms with E-state index in [0.717, 1.165) is 24.2 Å². The molecule has 0 saturated carbocycles. The highest BCUT2D eigenvalue weighted by Gasteiger charge is 2.60. The molecule has 1 aromatic carbocycles. The summed E-state index contributed by atoms with van der Waals surface area (Å²) in [5.41, 5.74) is 0.139. The fourth-order valence-corrected chi connectivity index (χ4v) is 2.37. The minimum absolute atomic E-state index is 0.216. The summed E-state index contributed by atoms with van der Waals surface area (Å²) in [5, 5.41) is 0. The molecule has 1 fully saturated rings. The van der Waals surface area contributed by atoms with E-state index in [9.17, 15) is 4.79 Å². The lowest BCUT2D eigenvalue weighted by atomic mass is 10.0. The molecule has 0 aromatic heterocycles. The smallest absolute Gasteiger partial charge is 0.341 e. The number of hydrogen-bond acceptors (Lipinski definition) is 4. The summed E-state index contributed by atoms with van der Waals surface area (Å²) in [7, 11) is 1.63. The second-order valence-corrected chi connectivity index (χ2v) is 5.57. The number of ether oxygens (including phenoxy) is 3. The Bertz CT molecular complexity index is 468. The maximum atomic E-state index is 12.1. The third kappa shape index (κ3) is 3.76. The zero-order valence-electron chi connectivity index (χ0n) is 13.1. The molecule has 0 radical (unpaired) electrons. The van der Waals surface area contributed by atoms with Crippen molar-refractivity contribution in [1.82, 2.24) is 0 Å². The van der Waals surface area contributed by atoms with E-state index in [2.05, 4.69) is 6.92 Å². The molecular weight excluding hydrogens is 268 g/mol. The van der Waals surface area contributed by atoms with Crippen LogP contribution in [0.1, 0.15) is 51.2 Å². The Morgan fingerprint density at radius 2 is 1.95 bits per heavy atom. The van der Waals surface area contributed by atoms with Gasteiger partial charge in [-0.05, 0) is 31.0 Å². The topological polar surface area (TPSA) is 48.1 Å². The van der Waals surface area contributed by atoms with Crippen LogP contribution in [0.15, 0.2) is 24.3 Å². The van der Waals surface area contributed by atoms with E-state index in [1.54, 1.807) is 14.0 Å². The summed E-state index contributed by atoms with van der Waals surface area (Å²) in [6, 6.07) is 7.58. The number of esters is 1. The highest BCUT2D eigenvalue weighted by molar-refractivity contribution is 5.83. The van der Waals surface area contributed by atoms with Gasteiger partial charge in [0.2, 0.25) is 0 Å². The highest BCUT2D eigenvalue weighted by atomic mass is 16.7. The van der Waals surface area contributed by atoms with Gasteiger partial charge in [0, 0.05) is 0 Å². The van der Waals surface area contributed by atoms with Gasteiger partial charge in [-0.25, -0.2) is 4.79 Å². The van der Waals surface area contributed by atoms with Crippen LogP contribution in [0.25, 0.3) is 0 Å². The highest BCUT2D eigenvalue weighted by Crippen LogP contribution is 2.50. The van der Waals surface area contributed by atoms with Gasteiger partial charge in [-0.2, -0.15) is 0 Å². The molecule has 2 rings (SSSR count). The molecule has 1 aliphatic rings. The van der Waals surface area contributed by atoms with Crippen molar-refractivity contribution in [3.05, 3.63) is 29.8 Å². The average molecular weight is 292 g/mol. The molecule has 0 bridgehead atoms. The summed E-state index contributed by atoms with van der Waals surface area (Å²) in [6.45, 7) is 4.42. The lowest BCUT2D eigenvalue weighted by molar-refractivity contribution is -0.149. The van der Waals surface area contributed by atoms with Crippen molar-refractivity contribution in [3.8, 4) is 5.75 Å². The molecule has 0 N–H and O–H groups in total. The van der Waals surface area contributed by atoms with Crippen LogP contribution in [-0.2, 0) is 14.3 Å². The lowest BCUT2D eigenvalue weighted by Crippen LogP contribution is -2.24. The number of hydrogen-bond donors (Lipinski definition) is 0. The first kappa shape index (κ1) is 15.8. The lowest BCUT2D eigenvalue weighted by Gasteiger charge is -2.08. The van der Waals surface area contributed by atoms with Gasteiger partial charge in [-0.15, -0.1) is 0 Å². The van der Waals surface area contributed by atoms with Crippen molar-refractivity contribution in [2.75, 3.05) is 13.7 Å². The van der Waals surface area contributed by atoms with Crippen LogP contribution in [0.2, 0.25) is 0 Å². The molecule has 116 valence electrons. The number of unbranched alkanes of at least 4 members (excludes halogenated alkanes) is 3. The van der Waals surface area contributed by atoms with Crippen molar-refractivity contribution in [2.24, 2.45) is 0 Å². The van der Waals surface area contributed by atoms with Crippen LogP contribution >= 0.6 is 0 Å². The molecular formula is C17H24O4. The molecule has 0 spiro atoms. The Labute approximate surface area is 126 Å². The van der Waals surface area contributed by atoms with E-state index in [0.29, 0.717) is 6.61 Å². The first-order valence-electron chi connectivity index (χ1n) is 7.60. The van der Waals surface area contributed by atoms with Crippen LogP contribution in [0.4, 0.5) is 0 Å². The van der Waals surface area contributed by atoms with E-state index in [-0.39, 0.29) is 12.1 Å². The third-order valence-electron chi connectivity index (χ3n) is 3.86. The maximum Gasteiger partial charge on any atom is 0.341 e. The molecule has 1 heterocycles. The predicted molar refractivity (Wildman–Crippen MR) is 80.3 cm³/mol. The first-order chi connectivity index (χ1) is 10.1. The normalized spacial score (nSPS) is 23.7. The second-order valence-electron chi connectivity index (χ2n) is 5.57. The average Bonchev–Trinajstić information content (AvgIpc) is 3.20. The summed E-state index contributed by atoms with van der Waals surface area (Å²) >= 11 is 0. The number of carbonyl (C=O) groups is 1. The van der Waals surface area contributed by atoms with Gasteiger partial charge in [0.25, 0.3) is 0 Å². The minimum atomic E-state index is -0.834. The molecule has 1 saturated heterocycles. The van der Waals surface area contributed by atoms with Crippen molar-refractivity contribution in [2.45, 2.75) is 51.2 Å². The fourth-order valence-electron chi connectivity index (χ4n) is 2.37. The molecule has 2 unspecified atom stereocenters. The molecule has 2 atom stereocenters. The van der Waals surface area contributed by atoms with E-state index in [4.69, 9.17) is 14.2 Å². The number of rotatable bonds is 8. The van der Waals surface area contributed by atoms with E-state index >= 15 is 0 Å². The van der Waals surface area contributed by atoms with Gasteiger partial charge in [0.05, 0.1) is 13.7 Å². The molecule has 1 aliphatic heterocycles. The van der Waals surface area contributed by atoms with Crippen molar-refractivity contribution < 1.29 is 19.0 Å². The minimum Gasteiger partial charge on any atom is -0.497 e. The van der Waals surface area contributed by atoms with Crippen molar-refractivity contribution in [3.63, 3.8) is 0 Å². The Morgan fingerprint density at radius 1 is 1.24 bits per heavy atom. The summed E-state index contributed by atoms with van der Waals surface area (Å²) in [6.07, 6.45) is 4.16. The van der Waals surface area contributed by atoms with Crippen LogP contribution in [-0.4, -0.2) is 25.3 Å². The fraction of sp³-hybridized carbons (Fsp3) is 0.588. The third-order valence-corrected chi connectivity index (χ3v) is 3.86. The summed E-state index contributed by atoms with van der Waals surface area (Å²) in [4.78, 5) is 12.1. The van der Waals surface area contributed by atoms with Gasteiger partial charge < -0.3 is 14.2 Å². The van der Waals surface area contributed by atoms with Gasteiger partial charge >= 0.3 is 5.97 Å². The van der Waals surface area contributed by atoms with Gasteiger partial charge in [0.15, 0.2) is 5.60 Å². The SMILES string of the molecule is CCCCCCOC(=O)C1(C)OC1c1ccc(OC)cc1. The first-order valence-corrected chi connectivity index (χ1v) is 7.60. The molecule has 0 aliphatic carbocycles. The number of epoxide rings is 1. The summed E-state index contributed by atoms with van der Waals surface area (Å²) < 4.78 is 16.0. The van der Waals surface area contributed by atoms with Crippen LogP contribution in [0.5, 0.6) is 5.75 Å². The second kappa shape index (κ2) is 6.94. The Hall–Kier alpha value is -1.55.